The second-order valence-corrected chi connectivity index (χ2v) is 7.56. The molecule has 0 fully saturated rings. The van der Waals surface area contributed by atoms with Crippen LogP contribution in [-0.4, -0.2) is 15.2 Å². The first-order valence-electron chi connectivity index (χ1n) is 10.3. The van der Waals surface area contributed by atoms with Gasteiger partial charge in [-0.3, -0.25) is 0 Å². The summed E-state index contributed by atoms with van der Waals surface area (Å²) in [6, 6.07) is 27.3. The van der Waals surface area contributed by atoms with Crippen LogP contribution in [0.15, 0.2) is 84.9 Å². The van der Waals surface area contributed by atoms with Crippen LogP contribution < -0.4 is 0 Å². The van der Waals surface area contributed by atoms with E-state index in [9.17, 15) is 10.2 Å². The Morgan fingerprint density at radius 2 is 1.38 bits per heavy atom. The number of fused-ring (bicyclic) bond motifs is 1. The van der Waals surface area contributed by atoms with Crippen molar-refractivity contribution < 1.29 is 10.2 Å². The van der Waals surface area contributed by atoms with Gasteiger partial charge in [0.1, 0.15) is 0 Å². The zero-order valence-electron chi connectivity index (χ0n) is 16.7. The van der Waals surface area contributed by atoms with E-state index < -0.39 is 11.7 Å². The van der Waals surface area contributed by atoms with E-state index in [2.05, 4.69) is 11.9 Å². The summed E-state index contributed by atoms with van der Waals surface area (Å²) in [6.07, 6.45) is 1.94. The molecule has 4 rings (SSSR count). The van der Waals surface area contributed by atoms with Gasteiger partial charge in [-0.05, 0) is 23.6 Å². The highest BCUT2D eigenvalue weighted by molar-refractivity contribution is 5.86. The molecule has 3 nitrogen and oxygen atoms in total. The monoisotopic (exact) mass is 385 g/mol. The normalized spacial score (nSPS) is 12.9. The molecule has 148 valence electrons. The zero-order chi connectivity index (χ0) is 20.3. The molecule has 1 heterocycles. The number of aromatic amines is 1. The Hall–Kier alpha value is -2.88. The fourth-order valence-corrected chi connectivity index (χ4v) is 4.15. The van der Waals surface area contributed by atoms with Crippen LogP contribution in [0.1, 0.15) is 54.7 Å². The second kappa shape index (κ2) is 8.24. The van der Waals surface area contributed by atoms with E-state index in [4.69, 9.17) is 0 Å². The Bertz CT molecular complexity index is 1030. The van der Waals surface area contributed by atoms with Gasteiger partial charge < -0.3 is 15.2 Å². The number of hydrogen-bond donors (Lipinski definition) is 3. The third-order valence-corrected chi connectivity index (χ3v) is 5.66. The van der Waals surface area contributed by atoms with Gasteiger partial charge in [0.15, 0.2) is 5.60 Å². The number of nitrogens with one attached hydrogen (secondary N) is 1. The number of aliphatic hydroxyl groups excluding tert-OH is 1. The highest BCUT2D eigenvalue weighted by Crippen LogP contribution is 2.43. The SMILES string of the molecule is CCCCC(O)c1c(C(O)(c2ccccc2)c2ccccc2)[nH]c2ccccc12. The Labute approximate surface area is 171 Å². The van der Waals surface area contributed by atoms with E-state index in [0.29, 0.717) is 12.1 Å². The summed E-state index contributed by atoms with van der Waals surface area (Å²) in [6.45, 7) is 2.12. The minimum Gasteiger partial charge on any atom is -0.388 e. The van der Waals surface area contributed by atoms with Crippen molar-refractivity contribution in [3.05, 3.63) is 107 Å². The van der Waals surface area contributed by atoms with Gasteiger partial charge in [-0.2, -0.15) is 0 Å². The highest BCUT2D eigenvalue weighted by Gasteiger charge is 2.39. The van der Waals surface area contributed by atoms with Crippen molar-refractivity contribution >= 4 is 10.9 Å². The number of para-hydroxylation sites is 1. The molecule has 0 aliphatic carbocycles. The largest absolute Gasteiger partial charge is 0.388 e. The van der Waals surface area contributed by atoms with Gasteiger partial charge in [0, 0.05) is 16.5 Å². The van der Waals surface area contributed by atoms with Gasteiger partial charge in [-0.15, -0.1) is 0 Å². The van der Waals surface area contributed by atoms with E-state index in [0.717, 1.165) is 40.4 Å². The smallest absolute Gasteiger partial charge is 0.155 e. The number of unbranched alkanes of at least 4 members (excludes halogenated alkanes) is 1. The number of aromatic nitrogens is 1. The molecule has 0 saturated carbocycles. The van der Waals surface area contributed by atoms with Crippen LogP contribution in [-0.2, 0) is 5.60 Å². The maximum atomic E-state index is 12.2. The first-order chi connectivity index (χ1) is 14.2. The molecular formula is C26H27NO2. The topological polar surface area (TPSA) is 56.2 Å². The summed E-state index contributed by atoms with van der Waals surface area (Å²) in [5, 5.41) is 24.3. The molecule has 3 aromatic carbocycles. The standard InChI is InChI=1S/C26H27NO2/c1-2-3-18-23(28)24-21-16-10-11-17-22(21)27-25(24)26(29,19-12-6-4-7-13-19)20-14-8-5-9-15-20/h4-17,23,27-29H,2-3,18H2,1H3. The minimum atomic E-state index is -1.40. The Balaban J connectivity index is 2.01. The molecule has 4 aromatic rings. The van der Waals surface area contributed by atoms with Crippen molar-refractivity contribution in [1.29, 1.82) is 0 Å². The predicted octanol–water partition coefficient (Wildman–Crippen LogP) is 5.68. The Kier molecular flexibility index (Phi) is 5.52. The van der Waals surface area contributed by atoms with Crippen LogP contribution in [0.25, 0.3) is 10.9 Å². The summed E-state index contributed by atoms with van der Waals surface area (Å²) in [7, 11) is 0. The molecule has 3 heteroatoms. The quantitative estimate of drug-likeness (QED) is 0.383. The van der Waals surface area contributed by atoms with E-state index in [1.807, 2.05) is 84.9 Å². The Morgan fingerprint density at radius 1 is 0.828 bits per heavy atom. The molecular weight excluding hydrogens is 358 g/mol. The second-order valence-electron chi connectivity index (χ2n) is 7.56. The molecule has 0 saturated heterocycles. The molecule has 0 bridgehead atoms. The molecule has 1 aromatic heterocycles. The summed E-state index contributed by atoms with van der Waals surface area (Å²) in [4.78, 5) is 3.45. The van der Waals surface area contributed by atoms with E-state index >= 15 is 0 Å². The summed E-state index contributed by atoms with van der Waals surface area (Å²) in [5.41, 5.74) is 2.47. The average Bonchev–Trinajstić information content (AvgIpc) is 3.18. The lowest BCUT2D eigenvalue weighted by atomic mass is 9.80. The van der Waals surface area contributed by atoms with Crippen molar-refractivity contribution in [1.82, 2.24) is 4.98 Å². The lowest BCUT2D eigenvalue weighted by Gasteiger charge is -2.31. The lowest BCUT2D eigenvalue weighted by molar-refractivity contribution is 0.111. The lowest BCUT2D eigenvalue weighted by Crippen LogP contribution is -2.31. The van der Waals surface area contributed by atoms with Crippen LogP contribution in [0.4, 0.5) is 0 Å². The fourth-order valence-electron chi connectivity index (χ4n) is 4.15. The molecule has 0 amide bonds. The van der Waals surface area contributed by atoms with Crippen molar-refractivity contribution in [2.75, 3.05) is 0 Å². The first kappa shape index (κ1) is 19.4. The van der Waals surface area contributed by atoms with E-state index in [-0.39, 0.29) is 0 Å². The minimum absolute atomic E-state index is 0.639. The van der Waals surface area contributed by atoms with Crippen LogP contribution in [0.5, 0.6) is 0 Å². The van der Waals surface area contributed by atoms with Crippen molar-refractivity contribution in [2.24, 2.45) is 0 Å². The molecule has 1 unspecified atom stereocenters. The average molecular weight is 386 g/mol. The first-order valence-corrected chi connectivity index (χ1v) is 10.3. The zero-order valence-corrected chi connectivity index (χ0v) is 16.7. The maximum Gasteiger partial charge on any atom is 0.155 e. The van der Waals surface area contributed by atoms with Crippen LogP contribution in [0.2, 0.25) is 0 Å². The molecule has 1 atom stereocenters. The van der Waals surface area contributed by atoms with Crippen LogP contribution >= 0.6 is 0 Å². The number of H-pyrrole nitrogens is 1. The molecule has 0 spiro atoms. The third kappa shape index (κ3) is 3.48. The van der Waals surface area contributed by atoms with Gasteiger partial charge in [0.05, 0.1) is 11.8 Å². The maximum absolute atomic E-state index is 12.2. The number of aliphatic hydroxyl groups is 2. The highest BCUT2D eigenvalue weighted by atomic mass is 16.3. The van der Waals surface area contributed by atoms with Gasteiger partial charge in [0.2, 0.25) is 0 Å². The van der Waals surface area contributed by atoms with Crippen molar-refractivity contribution in [3.8, 4) is 0 Å². The predicted molar refractivity (Wildman–Crippen MR) is 118 cm³/mol. The van der Waals surface area contributed by atoms with Gasteiger partial charge in [0.25, 0.3) is 0 Å². The van der Waals surface area contributed by atoms with Crippen LogP contribution in [0, 0.1) is 0 Å². The molecule has 3 N–H and O–H groups in total. The van der Waals surface area contributed by atoms with Gasteiger partial charge in [-0.1, -0.05) is 98.6 Å². The molecule has 0 aliphatic rings. The number of benzene rings is 3. The fraction of sp³-hybridized carbons (Fsp3) is 0.231. The van der Waals surface area contributed by atoms with Crippen LogP contribution in [0.3, 0.4) is 0 Å². The van der Waals surface area contributed by atoms with E-state index in [1.165, 1.54) is 0 Å². The van der Waals surface area contributed by atoms with Gasteiger partial charge in [-0.25, -0.2) is 0 Å². The molecule has 29 heavy (non-hydrogen) atoms. The molecule has 0 aliphatic heterocycles. The Morgan fingerprint density at radius 3 is 1.97 bits per heavy atom. The number of hydrogen-bond acceptors (Lipinski definition) is 2. The summed E-state index contributed by atoms with van der Waals surface area (Å²) >= 11 is 0. The van der Waals surface area contributed by atoms with Crippen molar-refractivity contribution in [3.63, 3.8) is 0 Å². The summed E-state index contributed by atoms with van der Waals surface area (Å²) < 4.78 is 0. The van der Waals surface area contributed by atoms with E-state index in [1.54, 1.807) is 0 Å². The summed E-state index contributed by atoms with van der Waals surface area (Å²) in [5.74, 6) is 0. The number of rotatable bonds is 7. The van der Waals surface area contributed by atoms with Gasteiger partial charge >= 0.3 is 0 Å². The third-order valence-electron chi connectivity index (χ3n) is 5.66. The molecule has 0 radical (unpaired) electrons. The van der Waals surface area contributed by atoms with Crippen molar-refractivity contribution in [2.45, 2.75) is 37.9 Å².